The van der Waals surface area contributed by atoms with Crippen LogP contribution in [0, 0.1) is 6.92 Å². The average Bonchev–Trinajstić information content (AvgIpc) is 3.14. The van der Waals surface area contributed by atoms with Gasteiger partial charge in [0, 0.05) is 11.3 Å². The fourth-order valence-electron chi connectivity index (χ4n) is 4.87. The molecule has 38 heavy (non-hydrogen) atoms. The van der Waals surface area contributed by atoms with Crippen LogP contribution in [0.3, 0.4) is 0 Å². The van der Waals surface area contributed by atoms with Crippen molar-refractivity contribution in [2.24, 2.45) is 0 Å². The van der Waals surface area contributed by atoms with E-state index in [9.17, 15) is 14.7 Å². The Hall–Kier alpha value is -3.86. The van der Waals surface area contributed by atoms with E-state index in [0.717, 1.165) is 22.3 Å². The monoisotopic (exact) mass is 511 g/mol. The molecule has 5 heteroatoms. The highest BCUT2D eigenvalue weighted by molar-refractivity contribution is 6.51. The summed E-state index contributed by atoms with van der Waals surface area (Å²) in [6.45, 7) is 15.0. The standard InChI is InChI=1S/C33H37NO4/c1-8-38-27-18-13-24(19-21(27)4)30(35)28-29(23-9-14-25(15-10-23)33(5,6)7)34(32(37)31(28)36)26-16-11-22(12-17-26)20(2)3/h9-20,29,35H,8H2,1-7H3/b30-28-. The van der Waals surface area contributed by atoms with E-state index in [1.54, 1.807) is 18.2 Å². The van der Waals surface area contributed by atoms with Gasteiger partial charge in [0.25, 0.3) is 11.7 Å². The fraction of sp³-hybridized carbons (Fsp3) is 0.333. The predicted octanol–water partition coefficient (Wildman–Crippen LogP) is 7.44. The van der Waals surface area contributed by atoms with E-state index in [1.807, 2.05) is 62.4 Å². The maximum Gasteiger partial charge on any atom is 0.300 e. The van der Waals surface area contributed by atoms with E-state index >= 15 is 0 Å². The van der Waals surface area contributed by atoms with Gasteiger partial charge in [0.05, 0.1) is 18.2 Å². The van der Waals surface area contributed by atoms with Crippen molar-refractivity contribution in [3.63, 3.8) is 0 Å². The van der Waals surface area contributed by atoms with E-state index in [0.29, 0.717) is 29.5 Å². The Bertz CT molecular complexity index is 1380. The zero-order valence-electron chi connectivity index (χ0n) is 23.3. The zero-order valence-corrected chi connectivity index (χ0v) is 23.3. The van der Waals surface area contributed by atoms with Crippen LogP contribution in [0.4, 0.5) is 5.69 Å². The van der Waals surface area contributed by atoms with Crippen LogP contribution in [0.15, 0.2) is 72.3 Å². The van der Waals surface area contributed by atoms with Crippen molar-refractivity contribution in [2.75, 3.05) is 11.5 Å². The summed E-state index contributed by atoms with van der Waals surface area (Å²) in [5, 5.41) is 11.5. The molecule has 0 aliphatic carbocycles. The number of anilines is 1. The number of aliphatic hydroxyl groups is 1. The van der Waals surface area contributed by atoms with Crippen molar-refractivity contribution in [3.8, 4) is 5.75 Å². The minimum absolute atomic E-state index is 0.0488. The van der Waals surface area contributed by atoms with Gasteiger partial charge in [0.15, 0.2) is 0 Å². The molecular weight excluding hydrogens is 474 g/mol. The smallest absolute Gasteiger partial charge is 0.300 e. The average molecular weight is 512 g/mol. The molecule has 1 amide bonds. The third kappa shape index (κ3) is 5.10. The van der Waals surface area contributed by atoms with Crippen LogP contribution in [0.25, 0.3) is 5.76 Å². The van der Waals surface area contributed by atoms with Gasteiger partial charge in [-0.05, 0) is 77.8 Å². The number of nitrogens with zero attached hydrogens (tertiary/aromatic N) is 1. The number of hydrogen-bond acceptors (Lipinski definition) is 4. The van der Waals surface area contributed by atoms with Gasteiger partial charge in [0.1, 0.15) is 11.5 Å². The number of Topliss-reactive ketones (excluding diaryl/α,β-unsaturated/α-hetero) is 1. The molecule has 0 radical (unpaired) electrons. The molecule has 0 saturated carbocycles. The molecule has 1 unspecified atom stereocenters. The Kier molecular flexibility index (Phi) is 7.50. The van der Waals surface area contributed by atoms with Crippen LogP contribution in [0.1, 0.15) is 81.3 Å². The number of carbonyl (C=O) groups excluding carboxylic acids is 2. The van der Waals surface area contributed by atoms with Crippen molar-refractivity contribution in [3.05, 3.63) is 100 Å². The number of aryl methyl sites for hydroxylation is 1. The normalized spacial score (nSPS) is 17.4. The van der Waals surface area contributed by atoms with Crippen molar-refractivity contribution in [1.82, 2.24) is 0 Å². The first-order valence-corrected chi connectivity index (χ1v) is 13.2. The highest BCUT2D eigenvalue weighted by Crippen LogP contribution is 2.43. The van der Waals surface area contributed by atoms with Crippen molar-refractivity contribution in [2.45, 2.75) is 65.8 Å². The second-order valence-corrected chi connectivity index (χ2v) is 11.2. The number of carbonyl (C=O) groups is 2. The first kappa shape index (κ1) is 27.2. The third-order valence-electron chi connectivity index (χ3n) is 7.12. The lowest BCUT2D eigenvalue weighted by atomic mass is 9.85. The molecule has 4 rings (SSSR count). The van der Waals surface area contributed by atoms with E-state index in [4.69, 9.17) is 4.74 Å². The summed E-state index contributed by atoms with van der Waals surface area (Å²) >= 11 is 0. The number of aliphatic hydroxyl groups excluding tert-OH is 1. The lowest BCUT2D eigenvalue weighted by Crippen LogP contribution is -2.29. The van der Waals surface area contributed by atoms with E-state index in [2.05, 4.69) is 34.6 Å². The van der Waals surface area contributed by atoms with Gasteiger partial charge in [-0.1, -0.05) is 71.0 Å². The second kappa shape index (κ2) is 10.5. The highest BCUT2D eigenvalue weighted by atomic mass is 16.5. The van der Waals surface area contributed by atoms with E-state index < -0.39 is 17.7 Å². The summed E-state index contributed by atoms with van der Waals surface area (Å²) in [7, 11) is 0. The number of rotatable bonds is 6. The fourth-order valence-corrected chi connectivity index (χ4v) is 4.87. The van der Waals surface area contributed by atoms with Gasteiger partial charge in [-0.15, -0.1) is 0 Å². The predicted molar refractivity (Wildman–Crippen MR) is 153 cm³/mol. The number of ether oxygens (including phenoxy) is 1. The van der Waals surface area contributed by atoms with Crippen molar-refractivity contribution in [1.29, 1.82) is 0 Å². The quantitative estimate of drug-likeness (QED) is 0.212. The first-order chi connectivity index (χ1) is 17.9. The lowest BCUT2D eigenvalue weighted by molar-refractivity contribution is -0.132. The molecule has 0 bridgehead atoms. The topological polar surface area (TPSA) is 66.8 Å². The van der Waals surface area contributed by atoms with Crippen LogP contribution in [-0.4, -0.2) is 23.4 Å². The summed E-state index contributed by atoms with van der Waals surface area (Å²) in [6, 6.07) is 20.2. The van der Waals surface area contributed by atoms with Gasteiger partial charge in [-0.3, -0.25) is 14.5 Å². The molecule has 3 aromatic rings. The van der Waals surface area contributed by atoms with Gasteiger partial charge >= 0.3 is 0 Å². The van der Waals surface area contributed by atoms with E-state index in [1.165, 1.54) is 4.90 Å². The number of ketones is 1. The number of benzene rings is 3. The Morgan fingerprint density at radius 1 is 0.974 bits per heavy atom. The lowest BCUT2D eigenvalue weighted by Gasteiger charge is -2.27. The second-order valence-electron chi connectivity index (χ2n) is 11.2. The number of amides is 1. The molecule has 0 spiro atoms. The van der Waals surface area contributed by atoms with Crippen LogP contribution < -0.4 is 9.64 Å². The Morgan fingerprint density at radius 2 is 1.61 bits per heavy atom. The molecule has 1 heterocycles. The molecule has 0 aromatic heterocycles. The molecule has 1 aliphatic heterocycles. The Morgan fingerprint density at radius 3 is 2.13 bits per heavy atom. The largest absolute Gasteiger partial charge is 0.507 e. The molecule has 1 saturated heterocycles. The van der Waals surface area contributed by atoms with Crippen molar-refractivity contribution >= 4 is 23.1 Å². The minimum Gasteiger partial charge on any atom is -0.507 e. The SMILES string of the molecule is CCOc1ccc(/C(O)=C2/C(=O)C(=O)N(c3ccc(C(C)C)cc3)C2c2ccc(C(C)(C)C)cc2)cc1C. The zero-order chi connectivity index (χ0) is 27.8. The third-order valence-corrected chi connectivity index (χ3v) is 7.12. The van der Waals surface area contributed by atoms with Crippen LogP contribution in [0.5, 0.6) is 5.75 Å². The Labute approximate surface area is 225 Å². The summed E-state index contributed by atoms with van der Waals surface area (Å²) in [5.41, 5.74) is 4.99. The molecule has 5 nitrogen and oxygen atoms in total. The maximum atomic E-state index is 13.5. The highest BCUT2D eigenvalue weighted by Gasteiger charge is 2.47. The molecule has 3 aromatic carbocycles. The molecule has 1 fully saturated rings. The first-order valence-electron chi connectivity index (χ1n) is 13.2. The van der Waals surface area contributed by atoms with Gasteiger partial charge in [-0.2, -0.15) is 0 Å². The maximum absolute atomic E-state index is 13.5. The van der Waals surface area contributed by atoms with Crippen LogP contribution >= 0.6 is 0 Å². The molecule has 1 N–H and O–H groups in total. The van der Waals surface area contributed by atoms with Gasteiger partial charge in [0.2, 0.25) is 0 Å². The minimum atomic E-state index is -0.763. The van der Waals surface area contributed by atoms with E-state index in [-0.39, 0.29) is 16.7 Å². The Balaban J connectivity index is 1.89. The van der Waals surface area contributed by atoms with Gasteiger partial charge in [-0.25, -0.2) is 0 Å². The number of hydrogen-bond donors (Lipinski definition) is 1. The molecular formula is C33H37NO4. The molecule has 1 aliphatic rings. The van der Waals surface area contributed by atoms with Crippen LogP contribution in [0.2, 0.25) is 0 Å². The summed E-state index contributed by atoms with van der Waals surface area (Å²) in [4.78, 5) is 28.5. The summed E-state index contributed by atoms with van der Waals surface area (Å²) < 4.78 is 5.64. The molecule has 1 atom stereocenters. The van der Waals surface area contributed by atoms with Crippen molar-refractivity contribution < 1.29 is 19.4 Å². The summed E-state index contributed by atoms with van der Waals surface area (Å²) in [6.07, 6.45) is 0. The molecule has 198 valence electrons. The van der Waals surface area contributed by atoms with Crippen LogP contribution in [-0.2, 0) is 15.0 Å². The summed E-state index contributed by atoms with van der Waals surface area (Å²) in [5.74, 6) is -0.504. The van der Waals surface area contributed by atoms with Gasteiger partial charge < -0.3 is 9.84 Å².